The Morgan fingerprint density at radius 1 is 1.36 bits per heavy atom. The fourth-order valence-corrected chi connectivity index (χ4v) is 4.47. The lowest BCUT2D eigenvalue weighted by atomic mass is 10.2. The fourth-order valence-electron chi connectivity index (χ4n) is 2.67. The van der Waals surface area contributed by atoms with Crippen molar-refractivity contribution in [3.8, 4) is 11.3 Å². The van der Waals surface area contributed by atoms with E-state index in [9.17, 15) is 19.1 Å². The van der Waals surface area contributed by atoms with Crippen LogP contribution in [0.2, 0.25) is 0 Å². The van der Waals surface area contributed by atoms with E-state index in [-0.39, 0.29) is 10.1 Å². The molecule has 9 heteroatoms. The third-order valence-corrected chi connectivity index (χ3v) is 6.02. The van der Waals surface area contributed by atoms with E-state index in [0.717, 1.165) is 16.7 Å². The lowest BCUT2D eigenvalue weighted by Crippen LogP contribution is -2.44. The maximum Gasteiger partial charge on any atom is 0.326 e. The first-order chi connectivity index (χ1) is 13.4. The number of furan rings is 1. The molecule has 1 N–H and O–H groups in total. The number of aliphatic carboxylic acids is 1. The molecule has 1 saturated heterocycles. The molecule has 1 atom stereocenters. The van der Waals surface area contributed by atoms with Crippen LogP contribution in [0.5, 0.6) is 0 Å². The van der Waals surface area contributed by atoms with E-state index in [2.05, 4.69) is 0 Å². The highest BCUT2D eigenvalue weighted by molar-refractivity contribution is 8.26. The van der Waals surface area contributed by atoms with Crippen molar-refractivity contribution in [1.29, 1.82) is 0 Å². The topological polar surface area (TPSA) is 70.8 Å². The minimum atomic E-state index is -1.08. The van der Waals surface area contributed by atoms with Gasteiger partial charge in [-0.15, -0.1) is 0 Å². The number of benzene rings is 1. The number of carboxylic acid groups (broad SMARTS) is 1. The first kappa shape index (κ1) is 20.6. The first-order valence-electron chi connectivity index (χ1n) is 8.25. The minimum Gasteiger partial charge on any atom is -0.480 e. The molecule has 0 radical (unpaired) electrons. The summed E-state index contributed by atoms with van der Waals surface area (Å²) in [5, 5.41) is 9.48. The molecule has 1 aromatic carbocycles. The third-order valence-electron chi connectivity index (χ3n) is 4.04. The molecule has 0 aliphatic carbocycles. The summed E-state index contributed by atoms with van der Waals surface area (Å²) in [7, 11) is 0. The number of hydrogen-bond donors (Lipinski definition) is 1. The number of nitrogens with zero attached hydrogens (tertiary/aromatic N) is 1. The van der Waals surface area contributed by atoms with Crippen LogP contribution in [0.4, 0.5) is 4.39 Å². The Kier molecular flexibility index (Phi) is 6.58. The van der Waals surface area contributed by atoms with Crippen molar-refractivity contribution in [2.75, 3.05) is 12.0 Å². The number of carbonyl (C=O) groups is 2. The van der Waals surface area contributed by atoms with Gasteiger partial charge in [0, 0.05) is 11.6 Å². The van der Waals surface area contributed by atoms with E-state index in [1.165, 1.54) is 23.9 Å². The Bertz CT molecular complexity index is 939. The second kappa shape index (κ2) is 8.93. The van der Waals surface area contributed by atoms with Crippen molar-refractivity contribution in [2.24, 2.45) is 0 Å². The van der Waals surface area contributed by atoms with Crippen molar-refractivity contribution in [2.45, 2.75) is 12.5 Å². The maximum absolute atomic E-state index is 13.1. The Hall–Kier alpha value is -2.10. The van der Waals surface area contributed by atoms with E-state index in [0.29, 0.717) is 34.2 Å². The smallest absolute Gasteiger partial charge is 0.326 e. The third kappa shape index (κ3) is 4.48. The maximum atomic E-state index is 13.1. The fraction of sp³-hybridized carbons (Fsp3) is 0.211. The van der Waals surface area contributed by atoms with Crippen LogP contribution in [0.15, 0.2) is 45.7 Å². The summed E-state index contributed by atoms with van der Waals surface area (Å²) < 4.78 is 19.0. The standard InChI is InChI=1S/C19H16FNO4S3/c1-27-9-8-14(18(23)24)21-17(22)16(28-19(21)26)10-13-6-7-15(25-13)11-2-4-12(20)5-3-11/h2-7,10,14H,8-9H2,1H3,(H,23,24)/b16-10+/t14-/m1/s1. The molecule has 0 bridgehead atoms. The molecule has 1 aliphatic rings. The molecule has 146 valence electrons. The molecule has 0 spiro atoms. The van der Waals surface area contributed by atoms with Crippen molar-refractivity contribution in [3.63, 3.8) is 0 Å². The van der Waals surface area contributed by atoms with Gasteiger partial charge in [-0.25, -0.2) is 9.18 Å². The van der Waals surface area contributed by atoms with Crippen LogP contribution in [-0.2, 0) is 9.59 Å². The summed E-state index contributed by atoms with van der Waals surface area (Å²) in [6.07, 6.45) is 3.73. The molecule has 0 saturated carbocycles. The number of carboxylic acids is 1. The van der Waals surface area contributed by atoms with E-state index in [4.69, 9.17) is 16.6 Å². The van der Waals surface area contributed by atoms with Crippen molar-refractivity contribution >= 4 is 58.0 Å². The summed E-state index contributed by atoms with van der Waals surface area (Å²) in [5.41, 5.74) is 0.705. The molecule has 1 fully saturated rings. The molecule has 1 aromatic heterocycles. The van der Waals surface area contributed by atoms with Crippen molar-refractivity contribution in [1.82, 2.24) is 4.90 Å². The average Bonchev–Trinajstić information content (AvgIpc) is 3.22. The summed E-state index contributed by atoms with van der Waals surface area (Å²) >= 11 is 7.80. The average molecular weight is 438 g/mol. The molecule has 1 aliphatic heterocycles. The highest BCUT2D eigenvalue weighted by Gasteiger charge is 2.40. The van der Waals surface area contributed by atoms with Gasteiger partial charge in [-0.1, -0.05) is 24.0 Å². The van der Waals surface area contributed by atoms with Gasteiger partial charge in [0.15, 0.2) is 0 Å². The van der Waals surface area contributed by atoms with Gasteiger partial charge in [0.05, 0.1) is 4.91 Å². The minimum absolute atomic E-state index is 0.218. The zero-order valence-electron chi connectivity index (χ0n) is 14.8. The number of rotatable bonds is 7. The van der Waals surface area contributed by atoms with Gasteiger partial charge in [0.2, 0.25) is 0 Å². The van der Waals surface area contributed by atoms with E-state index in [1.54, 1.807) is 30.3 Å². The highest BCUT2D eigenvalue weighted by Crippen LogP contribution is 2.35. The lowest BCUT2D eigenvalue weighted by molar-refractivity contribution is -0.145. The predicted molar refractivity (Wildman–Crippen MR) is 114 cm³/mol. The van der Waals surface area contributed by atoms with Crippen LogP contribution >= 0.6 is 35.7 Å². The van der Waals surface area contributed by atoms with E-state index >= 15 is 0 Å². The molecule has 3 rings (SSSR count). The largest absolute Gasteiger partial charge is 0.480 e. The van der Waals surface area contributed by atoms with Crippen molar-refractivity contribution < 1.29 is 23.5 Å². The lowest BCUT2D eigenvalue weighted by Gasteiger charge is -2.22. The van der Waals surface area contributed by atoms with Crippen LogP contribution in [0.1, 0.15) is 12.2 Å². The van der Waals surface area contributed by atoms with Gasteiger partial charge in [-0.2, -0.15) is 11.8 Å². The molecular weight excluding hydrogens is 421 g/mol. The summed E-state index contributed by atoms with van der Waals surface area (Å²) in [4.78, 5) is 25.8. The molecule has 1 amide bonds. The van der Waals surface area contributed by atoms with Crippen molar-refractivity contribution in [3.05, 3.63) is 52.9 Å². The molecule has 2 heterocycles. The van der Waals surface area contributed by atoms with Gasteiger partial charge in [-0.05, 0) is 54.8 Å². The molecule has 0 unspecified atom stereocenters. The number of thiocarbonyl (C=S) groups is 1. The Balaban J connectivity index is 1.82. The van der Waals surface area contributed by atoms with Gasteiger partial charge in [-0.3, -0.25) is 9.69 Å². The first-order valence-corrected chi connectivity index (χ1v) is 10.9. The molecule has 28 heavy (non-hydrogen) atoms. The van der Waals surface area contributed by atoms with Crippen LogP contribution in [0.3, 0.4) is 0 Å². The number of halogens is 1. The van der Waals surface area contributed by atoms with E-state index in [1.807, 2.05) is 6.26 Å². The van der Waals surface area contributed by atoms with E-state index < -0.39 is 17.9 Å². The van der Waals surface area contributed by atoms with Gasteiger partial charge in [0.1, 0.15) is 27.7 Å². The summed E-state index contributed by atoms with van der Waals surface area (Å²) in [6, 6.07) is 8.29. The summed E-state index contributed by atoms with van der Waals surface area (Å²) in [6.45, 7) is 0. The second-order valence-electron chi connectivity index (χ2n) is 5.90. The van der Waals surface area contributed by atoms with Gasteiger partial charge < -0.3 is 9.52 Å². The number of amides is 1. The van der Waals surface area contributed by atoms with Gasteiger partial charge in [0.25, 0.3) is 5.91 Å². The predicted octanol–water partition coefficient (Wildman–Crippen LogP) is 4.49. The molecule has 5 nitrogen and oxygen atoms in total. The number of thioether (sulfide) groups is 2. The molecule has 2 aromatic rings. The second-order valence-corrected chi connectivity index (χ2v) is 8.56. The number of hydrogen-bond acceptors (Lipinski definition) is 6. The van der Waals surface area contributed by atoms with Crippen LogP contribution in [0.25, 0.3) is 17.4 Å². The normalized spacial score (nSPS) is 16.8. The zero-order valence-corrected chi connectivity index (χ0v) is 17.2. The monoisotopic (exact) mass is 437 g/mol. The quantitative estimate of drug-likeness (QED) is 0.505. The van der Waals surface area contributed by atoms with Crippen LogP contribution < -0.4 is 0 Å². The Morgan fingerprint density at radius 3 is 2.71 bits per heavy atom. The Labute approximate surface area is 175 Å². The Morgan fingerprint density at radius 2 is 2.07 bits per heavy atom. The SMILES string of the molecule is CSCC[C@H](C(=O)O)N1C(=O)/C(=C\c2ccc(-c3ccc(F)cc3)o2)SC1=S. The number of carbonyl (C=O) groups excluding carboxylic acids is 1. The van der Waals surface area contributed by atoms with Crippen LogP contribution in [-0.4, -0.2) is 44.3 Å². The van der Waals surface area contributed by atoms with Crippen LogP contribution in [0, 0.1) is 5.82 Å². The zero-order chi connectivity index (χ0) is 20.3. The highest BCUT2D eigenvalue weighted by atomic mass is 32.2. The summed E-state index contributed by atoms with van der Waals surface area (Å²) in [5.74, 6) is -0.298. The molecular formula is C19H16FNO4S3. The van der Waals surface area contributed by atoms with Gasteiger partial charge >= 0.3 is 5.97 Å².